The Kier molecular flexibility index (Phi) is 5.59. The van der Waals surface area contributed by atoms with Crippen LogP contribution in [-0.2, 0) is 0 Å². The van der Waals surface area contributed by atoms with Gasteiger partial charge >= 0.3 is 0 Å². The van der Waals surface area contributed by atoms with E-state index in [0.29, 0.717) is 6.04 Å². The highest BCUT2D eigenvalue weighted by atomic mass is 16.3. The fourth-order valence-corrected chi connectivity index (χ4v) is 2.62. The number of hydrogen-bond donors (Lipinski definition) is 2. The Morgan fingerprint density at radius 1 is 1.06 bits per heavy atom. The molecule has 108 valence electrons. The summed E-state index contributed by atoms with van der Waals surface area (Å²) < 4.78 is 0. The van der Waals surface area contributed by atoms with E-state index in [4.69, 9.17) is 5.73 Å². The van der Waals surface area contributed by atoms with Crippen molar-refractivity contribution in [3.63, 3.8) is 0 Å². The molecule has 3 N–H and O–H groups in total. The van der Waals surface area contributed by atoms with Gasteiger partial charge in [-0.15, -0.1) is 0 Å². The van der Waals surface area contributed by atoms with Gasteiger partial charge in [-0.25, -0.2) is 0 Å². The molecule has 18 heavy (non-hydrogen) atoms. The van der Waals surface area contributed by atoms with Crippen molar-refractivity contribution < 1.29 is 5.11 Å². The molecule has 1 heterocycles. The Morgan fingerprint density at radius 2 is 1.50 bits per heavy atom. The normalized spacial score (nSPS) is 23.3. The highest BCUT2D eigenvalue weighted by molar-refractivity contribution is 4.91. The predicted molar refractivity (Wildman–Crippen MR) is 76.6 cm³/mol. The maximum atomic E-state index is 9.65. The number of nitrogens with two attached hydrogens (primary N) is 1. The lowest BCUT2D eigenvalue weighted by Gasteiger charge is -2.44. The third-order valence-electron chi connectivity index (χ3n) is 4.15. The van der Waals surface area contributed by atoms with Crippen LogP contribution >= 0.6 is 0 Å². The Hall–Kier alpha value is -0.160. The quantitative estimate of drug-likeness (QED) is 0.780. The van der Waals surface area contributed by atoms with Crippen molar-refractivity contribution in [1.82, 2.24) is 9.80 Å². The van der Waals surface area contributed by atoms with Crippen molar-refractivity contribution in [3.05, 3.63) is 0 Å². The van der Waals surface area contributed by atoms with E-state index in [1.807, 2.05) is 0 Å². The van der Waals surface area contributed by atoms with E-state index in [9.17, 15) is 5.11 Å². The largest absolute Gasteiger partial charge is 0.395 e. The molecule has 1 aliphatic heterocycles. The minimum atomic E-state index is 0.00750. The van der Waals surface area contributed by atoms with Crippen LogP contribution in [0, 0.1) is 5.41 Å². The van der Waals surface area contributed by atoms with Crippen molar-refractivity contribution >= 4 is 0 Å². The van der Waals surface area contributed by atoms with E-state index < -0.39 is 0 Å². The fraction of sp³-hybridized carbons (Fsp3) is 1.00. The standard InChI is InChI=1S/C14H31N3O/c1-11(2)16-6-8-17(9-7-16)12(10-18)13(15)14(3,4)5/h11-13,18H,6-10,15H2,1-5H3. The van der Waals surface area contributed by atoms with E-state index in [2.05, 4.69) is 44.4 Å². The molecule has 4 nitrogen and oxygen atoms in total. The highest BCUT2D eigenvalue weighted by Gasteiger charge is 2.34. The number of aliphatic hydroxyl groups is 1. The van der Waals surface area contributed by atoms with Crippen molar-refractivity contribution in [3.8, 4) is 0 Å². The summed E-state index contributed by atoms with van der Waals surface area (Å²) in [6.45, 7) is 15.2. The summed E-state index contributed by atoms with van der Waals surface area (Å²) >= 11 is 0. The number of rotatable bonds is 4. The maximum absolute atomic E-state index is 9.65. The first-order chi connectivity index (χ1) is 8.27. The van der Waals surface area contributed by atoms with Gasteiger partial charge in [0.2, 0.25) is 0 Å². The summed E-state index contributed by atoms with van der Waals surface area (Å²) in [6, 6.07) is 0.698. The lowest BCUT2D eigenvalue weighted by Crippen LogP contribution is -2.60. The van der Waals surface area contributed by atoms with Crippen molar-refractivity contribution in [2.45, 2.75) is 52.7 Å². The van der Waals surface area contributed by atoms with Crippen molar-refractivity contribution in [2.24, 2.45) is 11.1 Å². The molecule has 1 fully saturated rings. The molecular formula is C14H31N3O. The first kappa shape index (κ1) is 15.9. The number of hydrogen-bond acceptors (Lipinski definition) is 4. The fourth-order valence-electron chi connectivity index (χ4n) is 2.62. The SMILES string of the molecule is CC(C)N1CCN(C(CO)C(N)C(C)(C)C)CC1. The summed E-state index contributed by atoms with van der Waals surface area (Å²) in [5.74, 6) is 0. The van der Waals surface area contributed by atoms with Gasteiger partial charge in [0, 0.05) is 44.3 Å². The molecule has 0 aromatic carbocycles. The van der Waals surface area contributed by atoms with E-state index in [0.717, 1.165) is 26.2 Å². The third kappa shape index (κ3) is 3.92. The van der Waals surface area contributed by atoms with Crippen LogP contribution in [0.15, 0.2) is 0 Å². The lowest BCUT2D eigenvalue weighted by atomic mass is 9.82. The van der Waals surface area contributed by atoms with Gasteiger partial charge in [-0.3, -0.25) is 9.80 Å². The zero-order valence-corrected chi connectivity index (χ0v) is 12.7. The molecule has 0 aromatic heterocycles. The molecule has 0 saturated carbocycles. The van der Waals surface area contributed by atoms with Gasteiger partial charge in [-0.1, -0.05) is 20.8 Å². The molecular weight excluding hydrogens is 226 g/mol. The second kappa shape index (κ2) is 6.33. The molecule has 1 saturated heterocycles. The maximum Gasteiger partial charge on any atom is 0.0602 e. The second-order valence-corrected chi connectivity index (χ2v) is 6.81. The number of piperazine rings is 1. The molecule has 0 amide bonds. The first-order valence-electron chi connectivity index (χ1n) is 7.12. The summed E-state index contributed by atoms with van der Waals surface area (Å²) in [6.07, 6.45) is 0. The average molecular weight is 257 g/mol. The molecule has 2 unspecified atom stereocenters. The van der Waals surface area contributed by atoms with Crippen LogP contribution in [0.4, 0.5) is 0 Å². The minimum Gasteiger partial charge on any atom is -0.395 e. The monoisotopic (exact) mass is 257 g/mol. The van der Waals surface area contributed by atoms with E-state index in [1.54, 1.807) is 0 Å². The van der Waals surface area contributed by atoms with Gasteiger partial charge in [-0.05, 0) is 19.3 Å². The smallest absolute Gasteiger partial charge is 0.0602 e. The second-order valence-electron chi connectivity index (χ2n) is 6.81. The highest BCUT2D eigenvalue weighted by Crippen LogP contribution is 2.23. The zero-order valence-electron chi connectivity index (χ0n) is 12.7. The van der Waals surface area contributed by atoms with Gasteiger partial charge < -0.3 is 10.8 Å². The predicted octanol–water partition coefficient (Wildman–Crippen LogP) is 0.747. The van der Waals surface area contributed by atoms with Gasteiger partial charge in [0.05, 0.1) is 6.61 Å². The van der Waals surface area contributed by atoms with Crippen LogP contribution in [0.2, 0.25) is 0 Å². The van der Waals surface area contributed by atoms with Crippen molar-refractivity contribution in [2.75, 3.05) is 32.8 Å². The summed E-state index contributed by atoms with van der Waals surface area (Å²) in [5.41, 5.74) is 6.35. The topological polar surface area (TPSA) is 52.7 Å². The van der Waals surface area contributed by atoms with Crippen molar-refractivity contribution in [1.29, 1.82) is 0 Å². The van der Waals surface area contributed by atoms with E-state index in [1.165, 1.54) is 0 Å². The van der Waals surface area contributed by atoms with E-state index in [-0.39, 0.29) is 24.1 Å². The van der Waals surface area contributed by atoms with Crippen LogP contribution in [0.1, 0.15) is 34.6 Å². The van der Waals surface area contributed by atoms with E-state index >= 15 is 0 Å². The molecule has 0 spiro atoms. The molecule has 0 aromatic rings. The Labute approximate surface area is 112 Å². The molecule has 2 atom stereocenters. The van der Waals surface area contributed by atoms with Gasteiger partial charge in [0.1, 0.15) is 0 Å². The summed E-state index contributed by atoms with van der Waals surface area (Å²) in [7, 11) is 0. The molecule has 4 heteroatoms. The Morgan fingerprint density at radius 3 is 1.83 bits per heavy atom. The minimum absolute atomic E-state index is 0.00750. The Balaban J connectivity index is 2.58. The van der Waals surface area contributed by atoms with Crippen LogP contribution < -0.4 is 5.73 Å². The molecule has 0 bridgehead atoms. The lowest BCUT2D eigenvalue weighted by molar-refractivity contribution is 0.0249. The van der Waals surface area contributed by atoms with Gasteiger partial charge in [-0.2, -0.15) is 0 Å². The molecule has 1 rings (SSSR count). The number of nitrogens with zero attached hydrogens (tertiary/aromatic N) is 2. The number of aliphatic hydroxyl groups excluding tert-OH is 1. The molecule has 0 aliphatic carbocycles. The van der Waals surface area contributed by atoms with Crippen LogP contribution in [0.25, 0.3) is 0 Å². The van der Waals surface area contributed by atoms with Crippen LogP contribution in [-0.4, -0.2) is 65.8 Å². The zero-order chi connectivity index (χ0) is 13.9. The average Bonchev–Trinajstić information content (AvgIpc) is 2.29. The first-order valence-corrected chi connectivity index (χ1v) is 7.12. The van der Waals surface area contributed by atoms with Gasteiger partial charge in [0.15, 0.2) is 0 Å². The van der Waals surface area contributed by atoms with Crippen LogP contribution in [0.5, 0.6) is 0 Å². The van der Waals surface area contributed by atoms with Gasteiger partial charge in [0.25, 0.3) is 0 Å². The molecule has 1 aliphatic rings. The Bertz CT molecular complexity index is 242. The van der Waals surface area contributed by atoms with Crippen LogP contribution in [0.3, 0.4) is 0 Å². The third-order valence-corrected chi connectivity index (χ3v) is 4.15. The summed E-state index contributed by atoms with van der Waals surface area (Å²) in [4.78, 5) is 4.84. The summed E-state index contributed by atoms with van der Waals surface area (Å²) in [5, 5.41) is 9.65. The molecule has 0 radical (unpaired) electrons.